The van der Waals surface area contributed by atoms with Gasteiger partial charge in [-0.3, -0.25) is 0 Å². The maximum absolute atomic E-state index is 5.76. The number of aryl methyl sites for hydroxylation is 1. The van der Waals surface area contributed by atoms with Gasteiger partial charge in [0.1, 0.15) is 11.6 Å². The first-order valence-electron chi connectivity index (χ1n) is 6.76. The summed E-state index contributed by atoms with van der Waals surface area (Å²) in [5, 5.41) is 3.31. The second-order valence-electron chi connectivity index (χ2n) is 5.01. The van der Waals surface area contributed by atoms with Gasteiger partial charge in [0.15, 0.2) is 0 Å². The number of anilines is 1. The van der Waals surface area contributed by atoms with Gasteiger partial charge in [0.05, 0.1) is 12.2 Å². The van der Waals surface area contributed by atoms with E-state index >= 15 is 0 Å². The van der Waals surface area contributed by atoms with Crippen LogP contribution in [0, 0.1) is 19.8 Å². The molecule has 0 amide bonds. The highest BCUT2D eigenvalue weighted by Gasteiger charge is 2.10. The van der Waals surface area contributed by atoms with Gasteiger partial charge in [0.2, 0.25) is 5.88 Å². The summed E-state index contributed by atoms with van der Waals surface area (Å²) in [6.07, 6.45) is 2.12. The van der Waals surface area contributed by atoms with E-state index in [1.807, 2.05) is 13.8 Å². The average Bonchev–Trinajstić information content (AvgIpc) is 2.30. The van der Waals surface area contributed by atoms with Crippen molar-refractivity contribution >= 4 is 5.82 Å². The second kappa shape index (κ2) is 7.19. The molecule has 0 aliphatic carbocycles. The van der Waals surface area contributed by atoms with Crippen LogP contribution in [0.25, 0.3) is 0 Å². The van der Waals surface area contributed by atoms with Crippen molar-refractivity contribution in [2.75, 3.05) is 18.5 Å². The molecule has 0 aliphatic rings. The van der Waals surface area contributed by atoms with Crippen LogP contribution in [0.4, 0.5) is 5.82 Å². The molecule has 0 saturated heterocycles. The molecule has 1 rings (SSSR count). The summed E-state index contributed by atoms with van der Waals surface area (Å²) in [6, 6.07) is 0. The molecule has 1 aromatic heterocycles. The predicted molar refractivity (Wildman–Crippen MR) is 75.2 cm³/mol. The van der Waals surface area contributed by atoms with Crippen LogP contribution >= 0.6 is 0 Å². The fourth-order valence-electron chi connectivity index (χ4n) is 1.55. The van der Waals surface area contributed by atoms with E-state index in [9.17, 15) is 0 Å². The molecule has 0 radical (unpaired) electrons. The Morgan fingerprint density at radius 2 is 1.94 bits per heavy atom. The van der Waals surface area contributed by atoms with Crippen molar-refractivity contribution in [3.63, 3.8) is 0 Å². The van der Waals surface area contributed by atoms with Crippen molar-refractivity contribution < 1.29 is 4.74 Å². The molecule has 1 heterocycles. The molecule has 0 fully saturated rings. The molecule has 0 bridgehead atoms. The van der Waals surface area contributed by atoms with Crippen LogP contribution in [-0.2, 0) is 0 Å². The largest absolute Gasteiger partial charge is 0.477 e. The maximum atomic E-state index is 5.76. The number of ether oxygens (including phenoxy) is 1. The van der Waals surface area contributed by atoms with E-state index in [1.54, 1.807) is 0 Å². The van der Waals surface area contributed by atoms with E-state index in [1.165, 1.54) is 0 Å². The van der Waals surface area contributed by atoms with Crippen LogP contribution in [0.2, 0.25) is 0 Å². The zero-order valence-electron chi connectivity index (χ0n) is 12.2. The van der Waals surface area contributed by atoms with Gasteiger partial charge >= 0.3 is 0 Å². The number of rotatable bonds is 7. The molecular formula is C14H25N3O. The molecule has 18 heavy (non-hydrogen) atoms. The number of aromatic nitrogens is 2. The summed E-state index contributed by atoms with van der Waals surface area (Å²) in [5.74, 6) is 3.00. The minimum absolute atomic E-state index is 0.644. The van der Waals surface area contributed by atoms with Crippen molar-refractivity contribution in [1.82, 2.24) is 9.97 Å². The lowest BCUT2D eigenvalue weighted by atomic mass is 10.1. The van der Waals surface area contributed by atoms with Gasteiger partial charge in [0, 0.05) is 6.54 Å². The quantitative estimate of drug-likeness (QED) is 0.807. The highest BCUT2D eigenvalue weighted by atomic mass is 16.5. The van der Waals surface area contributed by atoms with Crippen molar-refractivity contribution in [3.8, 4) is 5.88 Å². The first-order chi connectivity index (χ1) is 8.54. The average molecular weight is 251 g/mol. The van der Waals surface area contributed by atoms with Crippen molar-refractivity contribution in [1.29, 1.82) is 0 Å². The molecule has 102 valence electrons. The van der Waals surface area contributed by atoms with E-state index < -0.39 is 0 Å². The van der Waals surface area contributed by atoms with Gasteiger partial charge in [-0.05, 0) is 32.6 Å². The highest BCUT2D eigenvalue weighted by molar-refractivity contribution is 5.48. The minimum atomic E-state index is 0.644. The minimum Gasteiger partial charge on any atom is -0.477 e. The summed E-state index contributed by atoms with van der Waals surface area (Å²) in [7, 11) is 0. The zero-order valence-corrected chi connectivity index (χ0v) is 12.2. The first-order valence-corrected chi connectivity index (χ1v) is 6.76. The smallest absolute Gasteiger partial charge is 0.221 e. The fraction of sp³-hybridized carbons (Fsp3) is 0.714. The summed E-state index contributed by atoms with van der Waals surface area (Å²) in [5.41, 5.74) is 0.998. The molecule has 0 unspecified atom stereocenters. The number of hydrogen-bond donors (Lipinski definition) is 1. The molecule has 0 aliphatic heterocycles. The third-order valence-corrected chi connectivity index (χ3v) is 2.69. The monoisotopic (exact) mass is 251 g/mol. The zero-order chi connectivity index (χ0) is 13.5. The first kappa shape index (κ1) is 14.7. The number of hydrogen-bond acceptors (Lipinski definition) is 4. The Labute approximate surface area is 110 Å². The highest BCUT2D eigenvalue weighted by Crippen LogP contribution is 2.22. The standard InChI is InChI=1S/C14H25N3O/c1-6-8-15-13-11(4)14(17-12(5)16-13)18-9-7-10(2)3/h10H,6-9H2,1-5H3,(H,15,16,17). The van der Waals surface area contributed by atoms with Crippen LogP contribution in [0.5, 0.6) is 5.88 Å². The molecule has 1 N–H and O–H groups in total. The van der Waals surface area contributed by atoms with Gasteiger partial charge < -0.3 is 10.1 Å². The Balaban J connectivity index is 2.74. The Morgan fingerprint density at radius 1 is 1.22 bits per heavy atom. The summed E-state index contributed by atoms with van der Waals surface area (Å²) in [4.78, 5) is 8.78. The van der Waals surface area contributed by atoms with Gasteiger partial charge in [-0.15, -0.1) is 0 Å². The van der Waals surface area contributed by atoms with Gasteiger partial charge in [-0.25, -0.2) is 4.98 Å². The van der Waals surface area contributed by atoms with Crippen LogP contribution in [0.15, 0.2) is 0 Å². The van der Waals surface area contributed by atoms with Gasteiger partial charge in [-0.1, -0.05) is 20.8 Å². The Morgan fingerprint density at radius 3 is 2.56 bits per heavy atom. The van der Waals surface area contributed by atoms with Crippen LogP contribution < -0.4 is 10.1 Å². The molecule has 4 heteroatoms. The molecule has 0 atom stereocenters. The Kier molecular flexibility index (Phi) is 5.89. The summed E-state index contributed by atoms with van der Waals surface area (Å²) in [6.45, 7) is 12.0. The molecule has 0 aromatic carbocycles. The lowest BCUT2D eigenvalue weighted by molar-refractivity contribution is 0.276. The lowest BCUT2D eigenvalue weighted by Gasteiger charge is -2.13. The molecule has 1 aromatic rings. The third kappa shape index (κ3) is 4.51. The molecule has 4 nitrogen and oxygen atoms in total. The van der Waals surface area contributed by atoms with Crippen molar-refractivity contribution in [2.45, 2.75) is 47.5 Å². The second-order valence-corrected chi connectivity index (χ2v) is 5.01. The van der Waals surface area contributed by atoms with E-state index in [2.05, 4.69) is 36.1 Å². The molecular weight excluding hydrogens is 226 g/mol. The summed E-state index contributed by atoms with van der Waals surface area (Å²) < 4.78 is 5.76. The van der Waals surface area contributed by atoms with Crippen LogP contribution in [0.3, 0.4) is 0 Å². The van der Waals surface area contributed by atoms with E-state index in [0.29, 0.717) is 18.4 Å². The lowest BCUT2D eigenvalue weighted by Crippen LogP contribution is -2.10. The van der Waals surface area contributed by atoms with Crippen LogP contribution in [-0.4, -0.2) is 23.1 Å². The number of nitrogens with zero attached hydrogens (tertiary/aromatic N) is 2. The van der Waals surface area contributed by atoms with E-state index in [0.717, 1.165) is 36.6 Å². The maximum Gasteiger partial charge on any atom is 0.221 e. The van der Waals surface area contributed by atoms with E-state index in [-0.39, 0.29) is 0 Å². The van der Waals surface area contributed by atoms with Crippen molar-refractivity contribution in [3.05, 3.63) is 11.4 Å². The fourth-order valence-corrected chi connectivity index (χ4v) is 1.55. The molecule has 0 saturated carbocycles. The van der Waals surface area contributed by atoms with Crippen molar-refractivity contribution in [2.24, 2.45) is 5.92 Å². The Bertz CT molecular complexity index is 378. The predicted octanol–water partition coefficient (Wildman–Crippen LogP) is 3.34. The summed E-state index contributed by atoms with van der Waals surface area (Å²) >= 11 is 0. The number of nitrogens with one attached hydrogen (secondary N) is 1. The normalized spacial score (nSPS) is 10.8. The van der Waals surface area contributed by atoms with E-state index in [4.69, 9.17) is 4.74 Å². The Hall–Kier alpha value is -1.32. The van der Waals surface area contributed by atoms with Gasteiger partial charge in [0.25, 0.3) is 0 Å². The third-order valence-electron chi connectivity index (χ3n) is 2.69. The SMILES string of the molecule is CCCNc1nc(C)nc(OCCC(C)C)c1C. The van der Waals surface area contributed by atoms with Crippen LogP contribution in [0.1, 0.15) is 45.0 Å². The topological polar surface area (TPSA) is 47.0 Å². The van der Waals surface area contributed by atoms with Gasteiger partial charge in [-0.2, -0.15) is 4.98 Å². The molecule has 0 spiro atoms.